The standard InChI is InChI=1S/C6H6IOP/c7-9(8)6-4-2-1-3-5-6/h1-5,8H. The Morgan fingerprint density at radius 1 is 1.22 bits per heavy atom. The number of benzene rings is 1. The summed E-state index contributed by atoms with van der Waals surface area (Å²) in [5.74, 6) is -0.926. The zero-order chi connectivity index (χ0) is 6.69. The molecule has 0 heterocycles. The number of rotatable bonds is 1. The van der Waals surface area contributed by atoms with Crippen molar-refractivity contribution in [2.75, 3.05) is 0 Å². The van der Waals surface area contributed by atoms with E-state index < -0.39 is 5.79 Å². The lowest BCUT2D eigenvalue weighted by Gasteiger charge is -1.98. The maximum atomic E-state index is 9.08. The summed E-state index contributed by atoms with van der Waals surface area (Å²) < 4.78 is 0. The lowest BCUT2D eigenvalue weighted by Crippen LogP contribution is -1.92. The van der Waals surface area contributed by atoms with Crippen LogP contribution in [0.1, 0.15) is 0 Å². The highest BCUT2D eigenvalue weighted by molar-refractivity contribution is 14.2. The summed E-state index contributed by atoms with van der Waals surface area (Å²) in [4.78, 5) is 9.08. The summed E-state index contributed by atoms with van der Waals surface area (Å²) in [5.41, 5.74) is 0. The van der Waals surface area contributed by atoms with Gasteiger partial charge < -0.3 is 4.89 Å². The molecule has 0 radical (unpaired) electrons. The van der Waals surface area contributed by atoms with Crippen LogP contribution in [0.2, 0.25) is 0 Å². The molecule has 0 saturated heterocycles. The monoisotopic (exact) mass is 252 g/mol. The van der Waals surface area contributed by atoms with E-state index in [9.17, 15) is 0 Å². The molecule has 0 spiro atoms. The fraction of sp³-hybridized carbons (Fsp3) is 0. The van der Waals surface area contributed by atoms with Crippen LogP contribution in [-0.4, -0.2) is 4.89 Å². The van der Waals surface area contributed by atoms with E-state index in [2.05, 4.69) is 0 Å². The molecule has 1 aromatic rings. The first-order chi connectivity index (χ1) is 4.30. The molecule has 3 heteroatoms. The maximum Gasteiger partial charge on any atom is 0.122 e. The Morgan fingerprint density at radius 2 is 1.78 bits per heavy atom. The molecule has 0 aliphatic carbocycles. The topological polar surface area (TPSA) is 20.2 Å². The van der Waals surface area contributed by atoms with Crippen LogP contribution in [0.15, 0.2) is 30.3 Å². The van der Waals surface area contributed by atoms with Gasteiger partial charge in [-0.25, -0.2) is 0 Å². The van der Waals surface area contributed by atoms with Crippen LogP contribution in [0.3, 0.4) is 0 Å². The molecule has 48 valence electrons. The Labute approximate surface area is 68.4 Å². The van der Waals surface area contributed by atoms with E-state index in [1.54, 1.807) is 0 Å². The Morgan fingerprint density at radius 3 is 2.11 bits per heavy atom. The van der Waals surface area contributed by atoms with Crippen LogP contribution in [0.4, 0.5) is 0 Å². The van der Waals surface area contributed by atoms with Crippen molar-refractivity contribution >= 4 is 33.1 Å². The first kappa shape index (κ1) is 7.45. The van der Waals surface area contributed by atoms with Gasteiger partial charge in [0.1, 0.15) is 5.79 Å². The van der Waals surface area contributed by atoms with Crippen LogP contribution in [0, 0.1) is 0 Å². The van der Waals surface area contributed by atoms with E-state index >= 15 is 0 Å². The third kappa shape index (κ3) is 2.20. The fourth-order valence-electron chi connectivity index (χ4n) is 0.551. The molecule has 1 atom stereocenters. The second-order valence-corrected chi connectivity index (χ2v) is 5.37. The Hall–Kier alpha value is 0.340. The van der Waals surface area contributed by atoms with Gasteiger partial charge in [-0.05, 0) is 22.0 Å². The maximum absolute atomic E-state index is 9.08. The van der Waals surface area contributed by atoms with Gasteiger partial charge in [0.15, 0.2) is 0 Å². The molecule has 0 aliphatic heterocycles. The number of hydrogen-bond donors (Lipinski definition) is 1. The van der Waals surface area contributed by atoms with Crippen molar-refractivity contribution in [1.29, 1.82) is 0 Å². The highest BCUT2D eigenvalue weighted by atomic mass is 127. The molecule has 0 aromatic heterocycles. The minimum absolute atomic E-state index is 0.926. The van der Waals surface area contributed by atoms with E-state index in [-0.39, 0.29) is 0 Å². The summed E-state index contributed by atoms with van der Waals surface area (Å²) in [6.07, 6.45) is 0. The second-order valence-electron chi connectivity index (χ2n) is 1.60. The lowest BCUT2D eigenvalue weighted by atomic mass is 10.4. The normalized spacial score (nSPS) is 13.1. The van der Waals surface area contributed by atoms with Crippen LogP contribution in [-0.2, 0) is 0 Å². The molecule has 1 rings (SSSR count). The van der Waals surface area contributed by atoms with Crippen molar-refractivity contribution in [1.82, 2.24) is 0 Å². The third-order valence-electron chi connectivity index (χ3n) is 0.969. The average Bonchev–Trinajstić information content (AvgIpc) is 1.90. The van der Waals surface area contributed by atoms with E-state index in [1.165, 1.54) is 0 Å². The SMILES string of the molecule is OP(I)c1ccccc1. The van der Waals surface area contributed by atoms with Crippen molar-refractivity contribution in [2.45, 2.75) is 0 Å². The van der Waals surface area contributed by atoms with Gasteiger partial charge in [0.25, 0.3) is 0 Å². The van der Waals surface area contributed by atoms with E-state index in [0.29, 0.717) is 0 Å². The highest BCUT2D eigenvalue weighted by Gasteiger charge is 1.97. The Bertz CT molecular complexity index is 176. The summed E-state index contributed by atoms with van der Waals surface area (Å²) in [5, 5.41) is 1.02. The molecule has 0 bridgehead atoms. The van der Waals surface area contributed by atoms with Gasteiger partial charge in [-0.15, -0.1) is 0 Å². The minimum Gasteiger partial charge on any atom is -0.360 e. The quantitative estimate of drug-likeness (QED) is 0.599. The Balaban J connectivity index is 2.85. The first-order valence-corrected chi connectivity index (χ1v) is 6.58. The van der Waals surface area contributed by atoms with E-state index in [1.807, 2.05) is 52.4 Å². The molecular weight excluding hydrogens is 246 g/mol. The minimum atomic E-state index is -0.926. The summed E-state index contributed by atoms with van der Waals surface area (Å²) in [7, 11) is 0. The molecule has 9 heavy (non-hydrogen) atoms. The van der Waals surface area contributed by atoms with Gasteiger partial charge in [-0.2, -0.15) is 0 Å². The smallest absolute Gasteiger partial charge is 0.122 e. The average molecular weight is 252 g/mol. The molecule has 1 aromatic carbocycles. The van der Waals surface area contributed by atoms with Crippen LogP contribution >= 0.6 is 27.8 Å². The first-order valence-electron chi connectivity index (χ1n) is 2.50. The lowest BCUT2D eigenvalue weighted by molar-refractivity contribution is 0.653. The van der Waals surface area contributed by atoms with Crippen LogP contribution in [0.5, 0.6) is 0 Å². The molecule has 0 saturated carbocycles. The van der Waals surface area contributed by atoms with Crippen molar-refractivity contribution in [3.05, 3.63) is 30.3 Å². The van der Waals surface area contributed by atoms with Crippen molar-refractivity contribution in [2.24, 2.45) is 0 Å². The van der Waals surface area contributed by atoms with Gasteiger partial charge in [0.2, 0.25) is 0 Å². The zero-order valence-corrected chi connectivity index (χ0v) is 7.71. The highest BCUT2D eigenvalue weighted by Crippen LogP contribution is 2.37. The third-order valence-corrected chi connectivity index (χ3v) is 3.36. The van der Waals surface area contributed by atoms with Crippen LogP contribution in [0.25, 0.3) is 0 Å². The summed E-state index contributed by atoms with van der Waals surface area (Å²) in [6, 6.07) is 9.66. The van der Waals surface area contributed by atoms with E-state index in [0.717, 1.165) is 5.30 Å². The van der Waals surface area contributed by atoms with Crippen molar-refractivity contribution < 1.29 is 4.89 Å². The summed E-state index contributed by atoms with van der Waals surface area (Å²) in [6.45, 7) is 0. The number of halogens is 1. The molecule has 1 N–H and O–H groups in total. The molecule has 0 amide bonds. The van der Waals surface area contributed by atoms with Crippen molar-refractivity contribution in [3.63, 3.8) is 0 Å². The predicted molar refractivity (Wildman–Crippen MR) is 49.2 cm³/mol. The van der Waals surface area contributed by atoms with Gasteiger partial charge in [0, 0.05) is 5.30 Å². The molecule has 0 fully saturated rings. The second kappa shape index (κ2) is 3.49. The van der Waals surface area contributed by atoms with Gasteiger partial charge in [0.05, 0.1) is 0 Å². The van der Waals surface area contributed by atoms with Crippen molar-refractivity contribution in [3.8, 4) is 0 Å². The predicted octanol–water partition coefficient (Wildman–Crippen LogP) is 2.05. The van der Waals surface area contributed by atoms with Gasteiger partial charge in [-0.3, -0.25) is 0 Å². The fourth-order valence-corrected chi connectivity index (χ4v) is 1.93. The number of hydrogen-bond acceptors (Lipinski definition) is 1. The zero-order valence-electron chi connectivity index (χ0n) is 4.66. The van der Waals surface area contributed by atoms with Gasteiger partial charge >= 0.3 is 0 Å². The van der Waals surface area contributed by atoms with Crippen LogP contribution < -0.4 is 5.30 Å². The molecule has 0 aliphatic rings. The van der Waals surface area contributed by atoms with E-state index in [4.69, 9.17) is 4.89 Å². The molecule has 1 nitrogen and oxygen atoms in total. The molecular formula is C6H6IOP. The van der Waals surface area contributed by atoms with Gasteiger partial charge in [-0.1, -0.05) is 30.3 Å². The largest absolute Gasteiger partial charge is 0.360 e. The Kier molecular flexibility index (Phi) is 2.89. The molecule has 1 unspecified atom stereocenters. The summed E-state index contributed by atoms with van der Waals surface area (Å²) >= 11 is 2.03.